The summed E-state index contributed by atoms with van der Waals surface area (Å²) in [5, 5.41) is 4.02. The number of hydrogen-bond acceptors (Lipinski definition) is 3. The van der Waals surface area contributed by atoms with Gasteiger partial charge in [-0.25, -0.2) is 9.07 Å². The van der Waals surface area contributed by atoms with Gasteiger partial charge in [0.05, 0.1) is 11.9 Å². The highest BCUT2D eigenvalue weighted by Crippen LogP contribution is 2.27. The van der Waals surface area contributed by atoms with E-state index in [1.165, 1.54) is 35.1 Å². The van der Waals surface area contributed by atoms with E-state index in [0.717, 1.165) is 29.1 Å². The molecule has 2 aromatic carbocycles. The molecule has 0 aliphatic heterocycles. The second-order valence-electron chi connectivity index (χ2n) is 8.54. The third-order valence-electron chi connectivity index (χ3n) is 5.88. The van der Waals surface area contributed by atoms with E-state index < -0.39 is 0 Å². The third-order valence-corrected chi connectivity index (χ3v) is 6.68. The van der Waals surface area contributed by atoms with Crippen LogP contribution in [0.4, 0.5) is 4.39 Å². The topological polar surface area (TPSA) is 21.1 Å². The van der Waals surface area contributed by atoms with E-state index in [2.05, 4.69) is 67.6 Å². The molecule has 3 nitrogen and oxygen atoms in total. The van der Waals surface area contributed by atoms with Crippen molar-refractivity contribution in [2.75, 3.05) is 19.8 Å². The number of aryl methyl sites for hydroxylation is 1. The largest absolute Gasteiger partial charge is 0.375 e. The number of unbranched alkanes of at least 4 members (excludes halogenated alkanes) is 1. The molecule has 3 aromatic rings. The van der Waals surface area contributed by atoms with E-state index in [1.54, 1.807) is 23.4 Å². The first-order valence-corrected chi connectivity index (χ1v) is 14.1. The lowest BCUT2D eigenvalue weighted by Gasteiger charge is -2.23. The van der Waals surface area contributed by atoms with Crippen molar-refractivity contribution >= 4 is 28.7 Å². The first kappa shape index (κ1) is 32.0. The van der Waals surface area contributed by atoms with E-state index in [0.29, 0.717) is 5.69 Å². The number of thioether (sulfide) groups is 1. The molecule has 0 bridgehead atoms. The Morgan fingerprint density at radius 3 is 2.19 bits per heavy atom. The van der Waals surface area contributed by atoms with Crippen LogP contribution in [0.5, 0.6) is 0 Å². The summed E-state index contributed by atoms with van der Waals surface area (Å²) in [6.07, 6.45) is 7.70. The fourth-order valence-corrected chi connectivity index (χ4v) is 4.31. The van der Waals surface area contributed by atoms with Crippen LogP contribution in [0.3, 0.4) is 0 Å². The number of halogens is 1. The maximum absolute atomic E-state index is 13.3. The summed E-state index contributed by atoms with van der Waals surface area (Å²) in [6, 6.07) is 16.5. The number of allylic oxidation sites excluding steroid dienone is 3. The van der Waals surface area contributed by atoms with Crippen molar-refractivity contribution in [1.29, 1.82) is 0 Å². The molecule has 0 amide bonds. The van der Waals surface area contributed by atoms with E-state index in [9.17, 15) is 4.39 Å². The Balaban J connectivity index is 0.000000352. The van der Waals surface area contributed by atoms with Gasteiger partial charge in [0.15, 0.2) is 5.82 Å². The van der Waals surface area contributed by atoms with Gasteiger partial charge in [0, 0.05) is 35.4 Å². The summed E-state index contributed by atoms with van der Waals surface area (Å²) in [4.78, 5) is 3.55. The van der Waals surface area contributed by atoms with Crippen LogP contribution >= 0.6 is 11.8 Å². The average molecular weight is 522 g/mol. The van der Waals surface area contributed by atoms with Crippen molar-refractivity contribution in [2.45, 2.75) is 59.3 Å². The van der Waals surface area contributed by atoms with Crippen molar-refractivity contribution in [3.63, 3.8) is 0 Å². The zero-order valence-corrected chi connectivity index (χ0v) is 24.8. The van der Waals surface area contributed by atoms with Crippen molar-refractivity contribution in [2.24, 2.45) is 0 Å². The zero-order chi connectivity index (χ0) is 28.0. The Kier molecular flexibility index (Phi) is 14.4. The number of rotatable bonds is 9. The second kappa shape index (κ2) is 16.6. The highest BCUT2D eigenvalue weighted by atomic mass is 32.2. The number of nitrogens with zero attached hydrogens (tertiary/aromatic N) is 3. The summed E-state index contributed by atoms with van der Waals surface area (Å²) in [5.74, 6) is -0.297. The maximum Gasteiger partial charge on any atom is 0.164 e. The molecule has 0 saturated carbocycles. The third kappa shape index (κ3) is 9.40. The van der Waals surface area contributed by atoms with Gasteiger partial charge in [0.2, 0.25) is 0 Å². The molecule has 1 aromatic heterocycles. The Morgan fingerprint density at radius 2 is 1.65 bits per heavy atom. The van der Waals surface area contributed by atoms with Crippen molar-refractivity contribution in [3.8, 4) is 0 Å². The van der Waals surface area contributed by atoms with E-state index in [4.69, 9.17) is 0 Å². The zero-order valence-electron chi connectivity index (χ0n) is 23.9. The lowest BCUT2D eigenvalue weighted by molar-refractivity contribution is 0.463. The molecule has 0 saturated heterocycles. The van der Waals surface area contributed by atoms with Crippen LogP contribution in [0.2, 0.25) is 0 Å². The van der Waals surface area contributed by atoms with Gasteiger partial charge in [0.25, 0.3) is 0 Å². The molecule has 0 fully saturated rings. The predicted molar refractivity (Wildman–Crippen MR) is 163 cm³/mol. The molecule has 5 heteroatoms. The Bertz CT molecular complexity index is 1180. The van der Waals surface area contributed by atoms with E-state index in [-0.39, 0.29) is 5.82 Å². The quantitative estimate of drug-likeness (QED) is 0.207. The van der Waals surface area contributed by atoms with Crippen LogP contribution in [-0.2, 0) is 0 Å². The first-order chi connectivity index (χ1) is 17.7. The van der Waals surface area contributed by atoms with Crippen molar-refractivity contribution in [1.82, 2.24) is 14.7 Å². The van der Waals surface area contributed by atoms with Crippen LogP contribution in [0.25, 0.3) is 17.0 Å². The smallest absolute Gasteiger partial charge is 0.164 e. The van der Waals surface area contributed by atoms with E-state index in [1.807, 2.05) is 58.0 Å². The minimum atomic E-state index is -0.297. The lowest BCUT2D eigenvalue weighted by Crippen LogP contribution is -2.17. The van der Waals surface area contributed by atoms with Gasteiger partial charge in [-0.2, -0.15) is 5.10 Å². The molecule has 0 atom stereocenters. The summed E-state index contributed by atoms with van der Waals surface area (Å²) in [6.45, 7) is 21.2. The molecule has 1 heterocycles. The van der Waals surface area contributed by atoms with Gasteiger partial charge in [-0.3, -0.25) is 0 Å². The summed E-state index contributed by atoms with van der Waals surface area (Å²) < 4.78 is 14.9. The summed E-state index contributed by atoms with van der Waals surface area (Å²) >= 11 is 1.78. The number of aromatic nitrogens is 2. The normalized spacial score (nSPS) is 10.6. The lowest BCUT2D eigenvalue weighted by atomic mass is 10.0. The van der Waals surface area contributed by atoms with Gasteiger partial charge in [-0.05, 0) is 62.3 Å². The van der Waals surface area contributed by atoms with Crippen LogP contribution in [0, 0.1) is 19.7 Å². The van der Waals surface area contributed by atoms with Gasteiger partial charge in [-0.15, -0.1) is 11.8 Å². The van der Waals surface area contributed by atoms with E-state index >= 15 is 0 Å². The molecule has 0 radical (unpaired) electrons. The Morgan fingerprint density at radius 1 is 1.05 bits per heavy atom. The Labute approximate surface area is 228 Å². The monoisotopic (exact) mass is 521 g/mol. The number of benzene rings is 2. The summed E-state index contributed by atoms with van der Waals surface area (Å²) in [5.41, 5.74) is 6.88. The fourth-order valence-electron chi connectivity index (χ4n) is 3.69. The van der Waals surface area contributed by atoms with Crippen LogP contribution in [-0.4, -0.2) is 34.5 Å². The minimum Gasteiger partial charge on any atom is -0.375 e. The predicted octanol–water partition coefficient (Wildman–Crippen LogP) is 9.35. The molecule has 0 unspecified atom stereocenters. The van der Waals surface area contributed by atoms with Crippen LogP contribution in [0.15, 0.2) is 78.9 Å². The molecular formula is C32H44FN3S. The first-order valence-electron chi connectivity index (χ1n) is 12.9. The van der Waals surface area contributed by atoms with Gasteiger partial charge in [-0.1, -0.05) is 82.8 Å². The molecule has 200 valence electrons. The Hall–Kier alpha value is -3.05. The molecule has 0 aliphatic rings. The number of hydrogen-bond donors (Lipinski definition) is 0. The molecule has 3 rings (SSSR count). The van der Waals surface area contributed by atoms with Crippen LogP contribution < -0.4 is 0 Å². The second-order valence-corrected chi connectivity index (χ2v) is 9.39. The molecule has 0 spiro atoms. The van der Waals surface area contributed by atoms with Gasteiger partial charge < -0.3 is 4.90 Å². The SMILES string of the molecule is C=C(/C=C(/C)n1ncc(F)c1C)c1ccccc1C.C=C(c1ccccc1SC)N(C)CCCC.CC. The fraction of sp³-hybridized carbons (Fsp3) is 0.344. The molecule has 37 heavy (non-hydrogen) atoms. The van der Waals surface area contributed by atoms with Crippen molar-refractivity contribution < 1.29 is 4.39 Å². The summed E-state index contributed by atoms with van der Waals surface area (Å²) in [7, 11) is 2.12. The standard InChI is InChI=1S/C16H17FN2.C14H21NS.C2H6/c1-11-7-5-6-8-15(11)12(2)9-13(3)19-14(4)16(17)10-18-19;1-5-6-11-15(3)12(2)13-9-7-8-10-14(13)16-4;1-2/h5-10H,2H2,1,3-4H3;7-10H,2,5-6,11H2,1,3-4H3;1-2H3/b13-9-;;. The molecular weight excluding hydrogens is 477 g/mol. The van der Waals surface area contributed by atoms with Gasteiger partial charge >= 0.3 is 0 Å². The molecule has 0 aliphatic carbocycles. The molecule has 0 N–H and O–H groups in total. The highest BCUT2D eigenvalue weighted by Gasteiger charge is 2.09. The maximum atomic E-state index is 13.3. The van der Waals surface area contributed by atoms with Gasteiger partial charge in [0.1, 0.15) is 0 Å². The highest BCUT2D eigenvalue weighted by molar-refractivity contribution is 7.98. The van der Waals surface area contributed by atoms with Crippen LogP contribution in [0.1, 0.15) is 62.9 Å². The average Bonchev–Trinajstić information content (AvgIpc) is 3.26. The minimum absolute atomic E-state index is 0.297. The van der Waals surface area contributed by atoms with Crippen molar-refractivity contribution in [3.05, 3.63) is 102 Å².